The number of benzene rings is 1. The first-order valence-corrected chi connectivity index (χ1v) is 9.47. The molecular weight excluding hydrogens is 361 g/mol. The predicted octanol–water partition coefficient (Wildman–Crippen LogP) is 1.95. The highest BCUT2D eigenvalue weighted by Crippen LogP contribution is 2.17. The van der Waals surface area contributed by atoms with Gasteiger partial charge in [-0.2, -0.15) is 5.10 Å². The van der Waals surface area contributed by atoms with E-state index in [1.165, 1.54) is 24.3 Å². The number of carbonyl (C=O) groups excluding carboxylic acids is 2. The van der Waals surface area contributed by atoms with E-state index in [-0.39, 0.29) is 23.5 Å². The Morgan fingerprint density at radius 1 is 1.29 bits per heavy atom. The SMILES string of the molecule is Cc1c(NC(=O)CN2CCCC(CNC(=O)c3ccc(F)cc3)C2)cnn1C. The number of aromatic nitrogens is 2. The summed E-state index contributed by atoms with van der Waals surface area (Å²) in [5.41, 5.74) is 2.08. The number of hydrogen-bond donors (Lipinski definition) is 2. The standard InChI is InChI=1S/C20H26FN5O2/c1-14-18(11-23-25(14)2)24-19(27)13-26-9-3-4-15(12-26)10-22-20(28)16-5-7-17(21)8-6-16/h5-8,11,15H,3-4,9-10,12-13H2,1-2H3,(H,22,28)(H,24,27). The maximum absolute atomic E-state index is 13.0. The average Bonchev–Trinajstić information content (AvgIpc) is 2.99. The third-order valence-corrected chi connectivity index (χ3v) is 5.14. The number of aryl methyl sites for hydroxylation is 1. The van der Waals surface area contributed by atoms with Gasteiger partial charge in [0.05, 0.1) is 24.1 Å². The second-order valence-corrected chi connectivity index (χ2v) is 7.28. The number of likely N-dealkylation sites (tertiary alicyclic amines) is 1. The Bertz CT molecular complexity index is 834. The molecule has 2 amide bonds. The van der Waals surface area contributed by atoms with Crippen molar-refractivity contribution in [2.45, 2.75) is 19.8 Å². The van der Waals surface area contributed by atoms with Crippen LogP contribution >= 0.6 is 0 Å². The van der Waals surface area contributed by atoms with Crippen LogP contribution in [0.5, 0.6) is 0 Å². The topological polar surface area (TPSA) is 79.3 Å². The minimum atomic E-state index is -0.362. The smallest absolute Gasteiger partial charge is 0.251 e. The maximum atomic E-state index is 13.0. The number of hydrogen-bond acceptors (Lipinski definition) is 4. The fourth-order valence-corrected chi connectivity index (χ4v) is 3.42. The lowest BCUT2D eigenvalue weighted by Crippen LogP contribution is -2.43. The number of rotatable bonds is 6. The van der Waals surface area contributed by atoms with Crippen LogP contribution in [0.25, 0.3) is 0 Å². The molecule has 3 rings (SSSR count). The summed E-state index contributed by atoms with van der Waals surface area (Å²) in [4.78, 5) is 26.6. The van der Waals surface area contributed by atoms with Crippen molar-refractivity contribution in [3.63, 3.8) is 0 Å². The van der Waals surface area contributed by atoms with Gasteiger partial charge in [-0.15, -0.1) is 0 Å². The minimum absolute atomic E-state index is 0.0629. The summed E-state index contributed by atoms with van der Waals surface area (Å²) in [6, 6.07) is 5.50. The summed E-state index contributed by atoms with van der Waals surface area (Å²) in [5.74, 6) is -0.348. The summed E-state index contributed by atoms with van der Waals surface area (Å²) in [7, 11) is 1.83. The molecule has 1 saturated heterocycles. The monoisotopic (exact) mass is 387 g/mol. The lowest BCUT2D eigenvalue weighted by atomic mass is 9.98. The Balaban J connectivity index is 1.45. The Morgan fingerprint density at radius 2 is 2.04 bits per heavy atom. The van der Waals surface area contributed by atoms with Gasteiger partial charge in [-0.3, -0.25) is 19.2 Å². The minimum Gasteiger partial charge on any atom is -0.352 e. The highest BCUT2D eigenvalue weighted by atomic mass is 19.1. The third kappa shape index (κ3) is 5.16. The fourth-order valence-electron chi connectivity index (χ4n) is 3.42. The molecule has 28 heavy (non-hydrogen) atoms. The lowest BCUT2D eigenvalue weighted by Gasteiger charge is -2.32. The number of halogens is 1. The molecule has 0 saturated carbocycles. The summed E-state index contributed by atoms with van der Waals surface area (Å²) < 4.78 is 14.7. The van der Waals surface area contributed by atoms with Crippen LogP contribution in [0, 0.1) is 18.7 Å². The van der Waals surface area contributed by atoms with Crippen molar-refractivity contribution in [2.24, 2.45) is 13.0 Å². The number of carbonyl (C=O) groups is 2. The summed E-state index contributed by atoms with van der Waals surface area (Å²) >= 11 is 0. The first kappa shape index (κ1) is 20.0. The van der Waals surface area contributed by atoms with Gasteiger partial charge in [0.1, 0.15) is 5.82 Å². The molecule has 1 aromatic heterocycles. The first-order chi connectivity index (χ1) is 13.4. The highest BCUT2D eigenvalue weighted by molar-refractivity contribution is 5.94. The molecule has 8 heteroatoms. The molecule has 1 unspecified atom stereocenters. The van der Waals surface area contributed by atoms with E-state index in [1.54, 1.807) is 10.9 Å². The Kier molecular flexibility index (Phi) is 6.41. The van der Waals surface area contributed by atoms with Gasteiger partial charge < -0.3 is 10.6 Å². The van der Waals surface area contributed by atoms with Crippen molar-refractivity contribution in [2.75, 3.05) is 31.5 Å². The number of piperidine rings is 1. The van der Waals surface area contributed by atoms with E-state index in [1.807, 2.05) is 14.0 Å². The molecule has 0 spiro atoms. The van der Waals surface area contributed by atoms with Crippen LogP contribution in [0.4, 0.5) is 10.1 Å². The second kappa shape index (κ2) is 8.97. The Labute approximate surface area is 163 Å². The molecule has 7 nitrogen and oxygen atoms in total. The second-order valence-electron chi connectivity index (χ2n) is 7.28. The zero-order valence-corrected chi connectivity index (χ0v) is 16.2. The van der Waals surface area contributed by atoms with Crippen LogP contribution in [0.1, 0.15) is 28.9 Å². The van der Waals surface area contributed by atoms with Gasteiger partial charge in [0.15, 0.2) is 0 Å². The van der Waals surface area contributed by atoms with E-state index in [2.05, 4.69) is 20.6 Å². The predicted molar refractivity (Wildman–Crippen MR) is 104 cm³/mol. The number of nitrogens with zero attached hydrogens (tertiary/aromatic N) is 3. The molecule has 1 aromatic carbocycles. The zero-order valence-electron chi connectivity index (χ0n) is 16.2. The molecular formula is C20H26FN5O2. The molecule has 150 valence electrons. The van der Waals surface area contributed by atoms with E-state index >= 15 is 0 Å². The molecule has 0 aliphatic carbocycles. The number of amides is 2. The van der Waals surface area contributed by atoms with E-state index in [0.717, 1.165) is 37.3 Å². The van der Waals surface area contributed by atoms with Crippen LogP contribution < -0.4 is 10.6 Å². The largest absolute Gasteiger partial charge is 0.352 e. The summed E-state index contributed by atoms with van der Waals surface area (Å²) in [6.45, 7) is 4.38. The molecule has 0 bridgehead atoms. The van der Waals surface area contributed by atoms with Crippen LogP contribution in [0.15, 0.2) is 30.5 Å². The molecule has 1 fully saturated rings. The van der Waals surface area contributed by atoms with Gasteiger partial charge in [-0.05, 0) is 56.5 Å². The van der Waals surface area contributed by atoms with Crippen molar-refractivity contribution in [1.82, 2.24) is 20.0 Å². The molecule has 1 atom stereocenters. The van der Waals surface area contributed by atoms with E-state index in [9.17, 15) is 14.0 Å². The quantitative estimate of drug-likeness (QED) is 0.794. The van der Waals surface area contributed by atoms with Crippen molar-refractivity contribution in [1.29, 1.82) is 0 Å². The zero-order chi connectivity index (χ0) is 20.1. The van der Waals surface area contributed by atoms with E-state index in [4.69, 9.17) is 0 Å². The van der Waals surface area contributed by atoms with Crippen molar-refractivity contribution >= 4 is 17.5 Å². The average molecular weight is 387 g/mol. The van der Waals surface area contributed by atoms with Crippen LogP contribution in [0.2, 0.25) is 0 Å². The number of nitrogens with one attached hydrogen (secondary N) is 2. The Morgan fingerprint density at radius 3 is 2.71 bits per heavy atom. The molecule has 1 aliphatic rings. The van der Waals surface area contributed by atoms with Crippen LogP contribution in [0.3, 0.4) is 0 Å². The van der Waals surface area contributed by atoms with Gasteiger partial charge in [0.25, 0.3) is 5.91 Å². The summed E-state index contributed by atoms with van der Waals surface area (Å²) in [6.07, 6.45) is 3.64. The van der Waals surface area contributed by atoms with E-state index in [0.29, 0.717) is 18.7 Å². The molecule has 0 radical (unpaired) electrons. The normalized spacial score (nSPS) is 17.3. The van der Waals surface area contributed by atoms with Gasteiger partial charge in [0, 0.05) is 25.7 Å². The Hall–Kier alpha value is -2.74. The van der Waals surface area contributed by atoms with Crippen molar-refractivity contribution in [3.05, 3.63) is 47.5 Å². The van der Waals surface area contributed by atoms with Crippen LogP contribution in [-0.4, -0.2) is 52.7 Å². The summed E-state index contributed by atoms with van der Waals surface area (Å²) in [5, 5.41) is 9.94. The van der Waals surface area contributed by atoms with E-state index < -0.39 is 0 Å². The van der Waals surface area contributed by atoms with Crippen molar-refractivity contribution in [3.8, 4) is 0 Å². The molecule has 2 heterocycles. The molecule has 1 aliphatic heterocycles. The molecule has 2 aromatic rings. The first-order valence-electron chi connectivity index (χ1n) is 9.47. The van der Waals surface area contributed by atoms with Gasteiger partial charge in [-0.1, -0.05) is 0 Å². The number of anilines is 1. The van der Waals surface area contributed by atoms with Gasteiger partial charge in [-0.25, -0.2) is 4.39 Å². The van der Waals surface area contributed by atoms with Gasteiger partial charge in [0.2, 0.25) is 5.91 Å². The van der Waals surface area contributed by atoms with Gasteiger partial charge >= 0.3 is 0 Å². The molecule has 2 N–H and O–H groups in total. The lowest BCUT2D eigenvalue weighted by molar-refractivity contribution is -0.117. The third-order valence-electron chi connectivity index (χ3n) is 5.14. The maximum Gasteiger partial charge on any atom is 0.251 e. The van der Waals surface area contributed by atoms with Crippen molar-refractivity contribution < 1.29 is 14.0 Å². The highest BCUT2D eigenvalue weighted by Gasteiger charge is 2.22. The fraction of sp³-hybridized carbons (Fsp3) is 0.450. The van der Waals surface area contributed by atoms with Crippen LogP contribution in [-0.2, 0) is 11.8 Å².